The van der Waals surface area contributed by atoms with Crippen LogP contribution in [0.25, 0.3) is 0 Å². The third kappa shape index (κ3) is 2.94. The van der Waals surface area contributed by atoms with Crippen LogP contribution in [0.3, 0.4) is 0 Å². The Morgan fingerprint density at radius 3 is 2.76 bits per heavy atom. The summed E-state index contributed by atoms with van der Waals surface area (Å²) in [5, 5.41) is 0. The SMILES string of the molecule is Cc1ccc(=O)n(Cc2ccc(CCl)cn2)c1. The molecule has 2 aromatic rings. The van der Waals surface area contributed by atoms with Crippen LogP contribution in [-0.2, 0) is 12.4 Å². The first kappa shape index (κ1) is 11.9. The van der Waals surface area contributed by atoms with Gasteiger partial charge in [0.25, 0.3) is 5.56 Å². The van der Waals surface area contributed by atoms with E-state index in [9.17, 15) is 4.79 Å². The molecule has 2 rings (SSSR count). The van der Waals surface area contributed by atoms with Gasteiger partial charge >= 0.3 is 0 Å². The van der Waals surface area contributed by atoms with Crippen LogP contribution in [0.1, 0.15) is 16.8 Å². The van der Waals surface area contributed by atoms with E-state index >= 15 is 0 Å². The maximum absolute atomic E-state index is 11.6. The van der Waals surface area contributed by atoms with E-state index in [2.05, 4.69) is 4.98 Å². The normalized spacial score (nSPS) is 10.5. The zero-order chi connectivity index (χ0) is 12.3. The Kier molecular flexibility index (Phi) is 3.59. The molecular formula is C13H13ClN2O. The molecule has 2 heterocycles. The molecule has 4 heteroatoms. The lowest BCUT2D eigenvalue weighted by molar-refractivity contribution is 0.734. The van der Waals surface area contributed by atoms with Crippen LogP contribution in [0, 0.1) is 6.92 Å². The van der Waals surface area contributed by atoms with Crippen molar-refractivity contribution in [2.45, 2.75) is 19.3 Å². The Morgan fingerprint density at radius 1 is 1.29 bits per heavy atom. The Balaban J connectivity index is 2.25. The van der Waals surface area contributed by atoms with Gasteiger partial charge in [0, 0.05) is 24.3 Å². The fraction of sp³-hybridized carbons (Fsp3) is 0.231. The average Bonchev–Trinajstić information content (AvgIpc) is 2.35. The summed E-state index contributed by atoms with van der Waals surface area (Å²) in [6.07, 6.45) is 3.57. The highest BCUT2D eigenvalue weighted by Crippen LogP contribution is 2.04. The number of pyridine rings is 2. The van der Waals surface area contributed by atoms with Crippen molar-refractivity contribution in [3.63, 3.8) is 0 Å². The number of rotatable bonds is 3. The van der Waals surface area contributed by atoms with E-state index in [1.807, 2.05) is 31.3 Å². The van der Waals surface area contributed by atoms with Crippen molar-refractivity contribution in [3.8, 4) is 0 Å². The zero-order valence-electron chi connectivity index (χ0n) is 9.56. The Bertz CT molecular complexity index is 560. The van der Waals surface area contributed by atoms with E-state index in [0.717, 1.165) is 16.8 Å². The van der Waals surface area contributed by atoms with Crippen molar-refractivity contribution >= 4 is 11.6 Å². The smallest absolute Gasteiger partial charge is 0.250 e. The van der Waals surface area contributed by atoms with E-state index in [1.54, 1.807) is 16.8 Å². The van der Waals surface area contributed by atoms with Crippen LogP contribution >= 0.6 is 11.6 Å². The fourth-order valence-corrected chi connectivity index (χ4v) is 1.73. The number of aryl methyl sites for hydroxylation is 1. The van der Waals surface area contributed by atoms with Crippen LogP contribution in [-0.4, -0.2) is 9.55 Å². The Labute approximate surface area is 105 Å². The molecule has 2 aromatic heterocycles. The predicted molar refractivity (Wildman–Crippen MR) is 68.3 cm³/mol. The van der Waals surface area contributed by atoms with Crippen LogP contribution < -0.4 is 5.56 Å². The van der Waals surface area contributed by atoms with Gasteiger partial charge in [-0.3, -0.25) is 9.78 Å². The minimum atomic E-state index is -0.0150. The largest absolute Gasteiger partial charge is 0.309 e. The first-order valence-electron chi connectivity index (χ1n) is 5.36. The average molecular weight is 249 g/mol. The highest BCUT2D eigenvalue weighted by Gasteiger charge is 2.00. The lowest BCUT2D eigenvalue weighted by Crippen LogP contribution is -2.19. The van der Waals surface area contributed by atoms with Crippen molar-refractivity contribution in [2.75, 3.05) is 0 Å². The summed E-state index contributed by atoms with van der Waals surface area (Å²) in [4.78, 5) is 15.9. The van der Waals surface area contributed by atoms with Gasteiger partial charge in [0.1, 0.15) is 0 Å². The number of alkyl halides is 1. The molecule has 0 aliphatic rings. The van der Waals surface area contributed by atoms with E-state index in [4.69, 9.17) is 11.6 Å². The quantitative estimate of drug-likeness (QED) is 0.782. The van der Waals surface area contributed by atoms with Crippen LogP contribution in [0.5, 0.6) is 0 Å². The zero-order valence-corrected chi connectivity index (χ0v) is 10.3. The van der Waals surface area contributed by atoms with Gasteiger partial charge in [-0.2, -0.15) is 0 Å². The summed E-state index contributed by atoms with van der Waals surface area (Å²) in [7, 11) is 0. The van der Waals surface area contributed by atoms with Crippen molar-refractivity contribution in [2.24, 2.45) is 0 Å². The molecule has 0 fully saturated rings. The minimum Gasteiger partial charge on any atom is -0.309 e. The summed E-state index contributed by atoms with van der Waals surface area (Å²) < 4.78 is 1.65. The van der Waals surface area contributed by atoms with Crippen LogP contribution in [0.4, 0.5) is 0 Å². The number of halogens is 1. The first-order chi connectivity index (χ1) is 8.19. The number of aromatic nitrogens is 2. The second-order valence-corrected chi connectivity index (χ2v) is 4.23. The topological polar surface area (TPSA) is 34.9 Å². The van der Waals surface area contributed by atoms with Gasteiger partial charge in [0.15, 0.2) is 0 Å². The molecule has 0 aliphatic carbocycles. The van der Waals surface area contributed by atoms with Gasteiger partial charge in [-0.15, -0.1) is 11.6 Å². The molecule has 0 radical (unpaired) electrons. The molecule has 0 amide bonds. The summed E-state index contributed by atoms with van der Waals surface area (Å²) in [6, 6.07) is 7.20. The molecule has 17 heavy (non-hydrogen) atoms. The van der Waals surface area contributed by atoms with Gasteiger partial charge in [0.05, 0.1) is 12.2 Å². The van der Waals surface area contributed by atoms with Crippen LogP contribution in [0.15, 0.2) is 41.5 Å². The van der Waals surface area contributed by atoms with Gasteiger partial charge < -0.3 is 4.57 Å². The molecule has 0 saturated heterocycles. The molecular weight excluding hydrogens is 236 g/mol. The molecule has 0 saturated carbocycles. The molecule has 0 spiro atoms. The molecule has 0 atom stereocenters. The second-order valence-electron chi connectivity index (χ2n) is 3.96. The van der Waals surface area contributed by atoms with Crippen LogP contribution in [0.2, 0.25) is 0 Å². The third-order valence-corrected chi connectivity index (χ3v) is 2.81. The number of nitrogens with zero attached hydrogens (tertiary/aromatic N) is 2. The maximum atomic E-state index is 11.6. The van der Waals surface area contributed by atoms with Crippen molar-refractivity contribution in [3.05, 3.63) is 63.8 Å². The van der Waals surface area contributed by atoms with Gasteiger partial charge in [-0.25, -0.2) is 0 Å². The van der Waals surface area contributed by atoms with Gasteiger partial charge in [-0.05, 0) is 24.1 Å². The third-order valence-electron chi connectivity index (χ3n) is 2.50. The highest BCUT2D eigenvalue weighted by molar-refractivity contribution is 6.17. The molecule has 0 aromatic carbocycles. The van der Waals surface area contributed by atoms with Gasteiger partial charge in [0.2, 0.25) is 0 Å². The molecule has 0 aliphatic heterocycles. The second kappa shape index (κ2) is 5.15. The summed E-state index contributed by atoms with van der Waals surface area (Å²) >= 11 is 5.69. The minimum absolute atomic E-state index is 0.0150. The van der Waals surface area contributed by atoms with Gasteiger partial charge in [-0.1, -0.05) is 12.1 Å². The van der Waals surface area contributed by atoms with Crippen molar-refractivity contribution in [1.29, 1.82) is 0 Å². The molecule has 88 valence electrons. The number of hydrogen-bond donors (Lipinski definition) is 0. The first-order valence-corrected chi connectivity index (χ1v) is 5.89. The molecule has 3 nitrogen and oxygen atoms in total. The number of hydrogen-bond acceptors (Lipinski definition) is 2. The monoisotopic (exact) mass is 248 g/mol. The van der Waals surface area contributed by atoms with Crippen molar-refractivity contribution < 1.29 is 0 Å². The van der Waals surface area contributed by atoms with E-state index < -0.39 is 0 Å². The predicted octanol–water partition coefficient (Wildman–Crippen LogP) is 2.34. The maximum Gasteiger partial charge on any atom is 0.250 e. The summed E-state index contributed by atoms with van der Waals surface area (Å²) in [6.45, 7) is 2.45. The lowest BCUT2D eigenvalue weighted by Gasteiger charge is -2.06. The molecule has 0 bridgehead atoms. The molecule has 0 unspecified atom stereocenters. The van der Waals surface area contributed by atoms with E-state index in [1.165, 1.54) is 0 Å². The van der Waals surface area contributed by atoms with E-state index in [0.29, 0.717) is 12.4 Å². The standard InChI is InChI=1S/C13H13ClN2O/c1-10-2-5-13(17)16(8-10)9-12-4-3-11(6-14)7-15-12/h2-5,7-8H,6,9H2,1H3. The van der Waals surface area contributed by atoms with E-state index in [-0.39, 0.29) is 5.56 Å². The summed E-state index contributed by atoms with van der Waals surface area (Å²) in [5.74, 6) is 0.456. The molecule has 0 N–H and O–H groups in total. The Hall–Kier alpha value is -1.61. The Morgan fingerprint density at radius 2 is 2.12 bits per heavy atom. The fourth-order valence-electron chi connectivity index (χ4n) is 1.58. The lowest BCUT2D eigenvalue weighted by atomic mass is 10.2. The highest BCUT2D eigenvalue weighted by atomic mass is 35.5. The van der Waals surface area contributed by atoms with Crippen molar-refractivity contribution in [1.82, 2.24) is 9.55 Å². The summed E-state index contributed by atoms with van der Waals surface area (Å²) in [5.41, 5.74) is 2.87.